The van der Waals surface area contributed by atoms with Gasteiger partial charge < -0.3 is 14.6 Å². The smallest absolute Gasteiger partial charge is 0.179 e. The number of carbonyl (C=O) groups is 1. The van der Waals surface area contributed by atoms with Crippen molar-refractivity contribution in [1.82, 2.24) is 14.8 Å². The van der Waals surface area contributed by atoms with Crippen LogP contribution in [0.2, 0.25) is 0 Å². The van der Waals surface area contributed by atoms with Crippen LogP contribution in [0.1, 0.15) is 54.0 Å². The van der Waals surface area contributed by atoms with Crippen LogP contribution in [-0.4, -0.2) is 39.9 Å². The summed E-state index contributed by atoms with van der Waals surface area (Å²) in [6, 6.07) is 11.3. The topological polar surface area (TPSA) is 86.5 Å². The molecule has 0 aliphatic carbocycles. The van der Waals surface area contributed by atoms with Crippen molar-refractivity contribution in [3.8, 4) is 22.9 Å². The van der Waals surface area contributed by atoms with Crippen LogP contribution in [0.15, 0.2) is 41.8 Å². The van der Waals surface area contributed by atoms with Gasteiger partial charge in [0.15, 0.2) is 28.9 Å². The highest BCUT2D eigenvalue weighted by atomic mass is 32.1. The molecule has 0 aliphatic heterocycles. The molecule has 2 aromatic heterocycles. The van der Waals surface area contributed by atoms with Gasteiger partial charge in [-0.15, -0.1) is 11.3 Å². The summed E-state index contributed by atoms with van der Waals surface area (Å²) in [6.45, 7) is 4.88. The molecule has 0 saturated carbocycles. The van der Waals surface area contributed by atoms with Crippen LogP contribution in [0, 0.1) is 6.92 Å². The average molecular weight is 480 g/mol. The van der Waals surface area contributed by atoms with E-state index in [1.807, 2.05) is 10.7 Å². The highest BCUT2D eigenvalue weighted by molar-refractivity contribution is 7.18. The van der Waals surface area contributed by atoms with Gasteiger partial charge in [-0.1, -0.05) is 25.1 Å². The summed E-state index contributed by atoms with van der Waals surface area (Å²) in [4.78, 5) is 17.4. The standard InChI is InChI=1S/C26H29N3O4S/c1-5-13-29-26(19-15-34-24-16(2)7-6-8-18(19)24)27-25(28-29)21(31)11-10-20(30)17-9-12-22(32-3)23(14-17)33-4/h6-9,12,14-15,21,31H,5,10-11,13H2,1-4H3. The molecule has 178 valence electrons. The Morgan fingerprint density at radius 3 is 2.71 bits per heavy atom. The Labute approximate surface area is 203 Å². The number of aliphatic hydroxyl groups excluding tert-OH is 1. The fraction of sp³-hybridized carbons (Fsp3) is 0.346. The highest BCUT2D eigenvalue weighted by Crippen LogP contribution is 2.35. The predicted molar refractivity (Wildman–Crippen MR) is 134 cm³/mol. The van der Waals surface area contributed by atoms with E-state index in [1.54, 1.807) is 36.6 Å². The summed E-state index contributed by atoms with van der Waals surface area (Å²) < 4.78 is 13.6. The van der Waals surface area contributed by atoms with Gasteiger partial charge in [-0.25, -0.2) is 9.67 Å². The number of methoxy groups -OCH3 is 2. The Bertz CT molecular complexity index is 1310. The summed E-state index contributed by atoms with van der Waals surface area (Å²) in [5.74, 6) is 2.06. The number of nitrogens with zero attached hydrogens (tertiary/aromatic N) is 3. The van der Waals surface area contributed by atoms with Gasteiger partial charge in [-0.2, -0.15) is 5.10 Å². The minimum absolute atomic E-state index is 0.0903. The van der Waals surface area contributed by atoms with Crippen molar-refractivity contribution in [2.45, 2.75) is 45.8 Å². The molecule has 34 heavy (non-hydrogen) atoms. The van der Waals surface area contributed by atoms with Crippen molar-refractivity contribution < 1.29 is 19.4 Å². The van der Waals surface area contributed by atoms with Crippen LogP contribution in [0.5, 0.6) is 11.5 Å². The molecule has 4 aromatic rings. The molecule has 0 saturated heterocycles. The van der Waals surface area contributed by atoms with Crippen molar-refractivity contribution in [1.29, 1.82) is 0 Å². The van der Waals surface area contributed by atoms with E-state index in [9.17, 15) is 9.90 Å². The van der Waals surface area contributed by atoms with Gasteiger partial charge in [0.05, 0.1) is 14.2 Å². The molecular weight excluding hydrogens is 450 g/mol. The first kappa shape index (κ1) is 23.9. The Morgan fingerprint density at radius 2 is 1.97 bits per heavy atom. The molecule has 4 rings (SSSR count). The second-order valence-electron chi connectivity index (χ2n) is 8.17. The molecule has 7 nitrogen and oxygen atoms in total. The third-order valence-corrected chi connectivity index (χ3v) is 6.94. The van der Waals surface area contributed by atoms with Crippen LogP contribution in [-0.2, 0) is 6.54 Å². The van der Waals surface area contributed by atoms with Crippen molar-refractivity contribution in [3.63, 3.8) is 0 Å². The monoisotopic (exact) mass is 479 g/mol. The van der Waals surface area contributed by atoms with Crippen molar-refractivity contribution in [3.05, 3.63) is 58.7 Å². The summed E-state index contributed by atoms with van der Waals surface area (Å²) in [7, 11) is 3.08. The SMILES string of the molecule is CCCn1nc(C(O)CCC(=O)c2ccc(OC)c(OC)c2)nc1-c1csc2c(C)cccc12. The molecule has 0 radical (unpaired) electrons. The van der Waals surface area contributed by atoms with Gasteiger partial charge in [0.25, 0.3) is 0 Å². The van der Waals surface area contributed by atoms with Crippen molar-refractivity contribution >= 4 is 27.2 Å². The van der Waals surface area contributed by atoms with Crippen LogP contribution >= 0.6 is 11.3 Å². The van der Waals surface area contributed by atoms with Crippen molar-refractivity contribution in [2.24, 2.45) is 0 Å². The fourth-order valence-corrected chi connectivity index (χ4v) is 5.02. The number of Topliss-reactive ketones (excluding diaryl/α,β-unsaturated/α-hetero) is 1. The number of rotatable bonds is 10. The molecule has 2 aromatic carbocycles. The maximum atomic E-state index is 12.7. The van der Waals surface area contributed by atoms with E-state index in [1.165, 1.54) is 17.4 Å². The fourth-order valence-electron chi connectivity index (χ4n) is 3.99. The van der Waals surface area contributed by atoms with Crippen molar-refractivity contribution in [2.75, 3.05) is 14.2 Å². The maximum absolute atomic E-state index is 12.7. The third kappa shape index (κ3) is 4.69. The Hall–Kier alpha value is -3.23. The second-order valence-corrected chi connectivity index (χ2v) is 9.04. The van der Waals surface area contributed by atoms with E-state index >= 15 is 0 Å². The molecule has 0 aliphatic rings. The number of benzene rings is 2. The predicted octanol–water partition coefficient (Wildman–Crippen LogP) is 5.59. The summed E-state index contributed by atoms with van der Waals surface area (Å²) >= 11 is 1.69. The van der Waals surface area contributed by atoms with E-state index in [4.69, 9.17) is 14.5 Å². The second kappa shape index (κ2) is 10.4. The first-order valence-corrected chi connectivity index (χ1v) is 12.2. The number of aliphatic hydroxyl groups is 1. The normalized spacial score (nSPS) is 12.1. The maximum Gasteiger partial charge on any atom is 0.179 e. The number of thiophene rings is 1. The van der Waals surface area contributed by atoms with E-state index in [2.05, 4.69) is 36.5 Å². The van der Waals surface area contributed by atoms with Gasteiger partial charge in [0, 0.05) is 39.6 Å². The lowest BCUT2D eigenvalue weighted by molar-refractivity contribution is 0.0934. The Morgan fingerprint density at radius 1 is 1.18 bits per heavy atom. The third-order valence-electron chi connectivity index (χ3n) is 5.81. The first-order valence-electron chi connectivity index (χ1n) is 11.3. The van der Waals surface area contributed by atoms with Gasteiger partial charge in [-0.3, -0.25) is 4.79 Å². The van der Waals surface area contributed by atoms with E-state index in [0.29, 0.717) is 29.4 Å². The highest BCUT2D eigenvalue weighted by Gasteiger charge is 2.21. The molecule has 1 unspecified atom stereocenters. The zero-order valence-corrected chi connectivity index (χ0v) is 20.7. The molecule has 0 spiro atoms. The Kier molecular flexibility index (Phi) is 7.29. The lowest BCUT2D eigenvalue weighted by Crippen LogP contribution is -2.07. The van der Waals surface area contributed by atoms with Crippen LogP contribution in [0.3, 0.4) is 0 Å². The quantitative estimate of drug-likeness (QED) is 0.298. The molecular formula is C26H29N3O4S. The van der Waals surface area contributed by atoms with Gasteiger partial charge >= 0.3 is 0 Å². The molecule has 0 amide bonds. The van der Waals surface area contributed by atoms with E-state index < -0.39 is 6.10 Å². The molecule has 8 heteroatoms. The summed E-state index contributed by atoms with van der Waals surface area (Å²) in [5.41, 5.74) is 2.75. The number of aromatic nitrogens is 3. The number of ether oxygens (including phenoxy) is 2. The minimum Gasteiger partial charge on any atom is -0.493 e. The largest absolute Gasteiger partial charge is 0.493 e. The summed E-state index contributed by atoms with van der Waals surface area (Å²) in [5, 5.41) is 18.7. The van der Waals surface area contributed by atoms with Crippen LogP contribution in [0.4, 0.5) is 0 Å². The van der Waals surface area contributed by atoms with Gasteiger partial charge in [-0.05, 0) is 43.5 Å². The number of hydrogen-bond donors (Lipinski definition) is 1. The average Bonchev–Trinajstić information content (AvgIpc) is 3.47. The molecule has 2 heterocycles. The zero-order valence-electron chi connectivity index (χ0n) is 19.9. The van der Waals surface area contributed by atoms with E-state index in [-0.39, 0.29) is 18.6 Å². The lowest BCUT2D eigenvalue weighted by atomic mass is 10.0. The molecule has 0 bridgehead atoms. The molecule has 1 atom stereocenters. The van der Waals surface area contributed by atoms with E-state index in [0.717, 1.165) is 23.2 Å². The number of ketones is 1. The van der Waals surface area contributed by atoms with Crippen LogP contribution in [0.25, 0.3) is 21.5 Å². The molecule has 0 fully saturated rings. The number of hydrogen-bond acceptors (Lipinski definition) is 7. The van der Waals surface area contributed by atoms with Gasteiger partial charge in [0.1, 0.15) is 6.10 Å². The first-order chi connectivity index (χ1) is 16.5. The van der Waals surface area contributed by atoms with Gasteiger partial charge in [0.2, 0.25) is 0 Å². The number of carbonyl (C=O) groups excluding carboxylic acids is 1. The zero-order chi connectivity index (χ0) is 24.2. The molecule has 1 N–H and O–H groups in total. The number of fused-ring (bicyclic) bond motifs is 1. The Balaban J connectivity index is 1.54. The van der Waals surface area contributed by atoms with Crippen LogP contribution < -0.4 is 9.47 Å². The lowest BCUT2D eigenvalue weighted by Gasteiger charge is -2.10. The minimum atomic E-state index is -0.937. The number of aryl methyl sites for hydroxylation is 2. The summed E-state index contributed by atoms with van der Waals surface area (Å²) in [6.07, 6.45) is 0.346.